The Morgan fingerprint density at radius 2 is 1.83 bits per heavy atom. The third kappa shape index (κ3) is 7.17. The molecule has 0 spiro atoms. The van der Waals surface area contributed by atoms with Crippen molar-refractivity contribution >= 4 is 8.80 Å². The summed E-state index contributed by atoms with van der Waals surface area (Å²) in [5.74, 6) is 0.579. The fourth-order valence-corrected chi connectivity index (χ4v) is 5.14. The Hall–Kier alpha value is -0.0231. The quantitative estimate of drug-likeness (QED) is 0.414. The summed E-state index contributed by atoms with van der Waals surface area (Å²) in [6, 6.07) is 1.01. The molecule has 0 aromatic rings. The maximum Gasteiger partial charge on any atom is 0.500 e. The number of ether oxygens (including phenoxy) is 1. The second-order valence-corrected chi connectivity index (χ2v) is 9.28. The maximum absolute atomic E-state index is 10.2. The van der Waals surface area contributed by atoms with Gasteiger partial charge in [-0.3, -0.25) is 0 Å². The van der Waals surface area contributed by atoms with E-state index in [-0.39, 0.29) is 12.1 Å². The molecule has 1 saturated carbocycles. The van der Waals surface area contributed by atoms with E-state index < -0.39 is 8.80 Å². The van der Waals surface area contributed by atoms with Gasteiger partial charge >= 0.3 is 8.80 Å². The van der Waals surface area contributed by atoms with Gasteiger partial charge in [0.2, 0.25) is 0 Å². The van der Waals surface area contributed by atoms with Crippen molar-refractivity contribution in [2.24, 2.45) is 5.92 Å². The van der Waals surface area contributed by atoms with E-state index in [0.29, 0.717) is 5.92 Å². The molecule has 23 heavy (non-hydrogen) atoms. The van der Waals surface area contributed by atoms with E-state index in [2.05, 4.69) is 5.32 Å². The Bertz CT molecular complexity index is 296. The second-order valence-electron chi connectivity index (χ2n) is 6.19. The molecule has 6 nitrogen and oxygen atoms in total. The van der Waals surface area contributed by atoms with Crippen LogP contribution in [-0.4, -0.2) is 67.1 Å². The molecular formula is C16H35NO5Si. The first-order chi connectivity index (χ1) is 11.1. The van der Waals surface area contributed by atoms with Gasteiger partial charge in [0, 0.05) is 46.6 Å². The van der Waals surface area contributed by atoms with E-state index in [0.717, 1.165) is 57.9 Å². The molecule has 0 bridgehead atoms. The molecule has 138 valence electrons. The smallest absolute Gasteiger partial charge is 0.392 e. The third-order valence-corrected chi connectivity index (χ3v) is 7.56. The summed E-state index contributed by atoms with van der Waals surface area (Å²) in [5, 5.41) is 13.7. The van der Waals surface area contributed by atoms with Crippen LogP contribution in [0.2, 0.25) is 6.04 Å². The van der Waals surface area contributed by atoms with Gasteiger partial charge in [-0.2, -0.15) is 0 Å². The minimum absolute atomic E-state index is 0.180. The predicted molar refractivity (Wildman–Crippen MR) is 92.5 cm³/mol. The second kappa shape index (κ2) is 11.5. The maximum atomic E-state index is 10.2. The molecule has 0 aromatic carbocycles. The monoisotopic (exact) mass is 349 g/mol. The standard InChI is InChI=1S/C16H35NO5Si/c1-5-22-11-6-10-17-15-13-14(7-8-16(15)18)9-12-23(19-2,20-3)21-4/h14-18H,5-13H2,1-4H3. The lowest BCUT2D eigenvalue weighted by atomic mass is 9.82. The number of aliphatic hydroxyl groups is 1. The van der Waals surface area contributed by atoms with Crippen molar-refractivity contribution in [2.75, 3.05) is 41.1 Å². The molecule has 1 fully saturated rings. The van der Waals surface area contributed by atoms with Crippen LogP contribution in [0.1, 0.15) is 39.0 Å². The normalized spacial score (nSPS) is 25.7. The predicted octanol–water partition coefficient (Wildman–Crippen LogP) is 1.80. The largest absolute Gasteiger partial charge is 0.500 e. The van der Waals surface area contributed by atoms with Crippen LogP contribution in [0.15, 0.2) is 0 Å². The number of hydrogen-bond donors (Lipinski definition) is 2. The number of aliphatic hydroxyl groups excluding tert-OH is 1. The fraction of sp³-hybridized carbons (Fsp3) is 1.00. The van der Waals surface area contributed by atoms with Gasteiger partial charge in [0.1, 0.15) is 0 Å². The van der Waals surface area contributed by atoms with Crippen LogP contribution < -0.4 is 5.32 Å². The molecular weight excluding hydrogens is 314 g/mol. The Kier molecular flexibility index (Phi) is 10.5. The minimum Gasteiger partial charge on any atom is -0.392 e. The first-order valence-corrected chi connectivity index (χ1v) is 10.7. The average molecular weight is 350 g/mol. The van der Waals surface area contributed by atoms with Crippen molar-refractivity contribution < 1.29 is 23.1 Å². The van der Waals surface area contributed by atoms with Gasteiger partial charge in [0.15, 0.2) is 0 Å². The van der Waals surface area contributed by atoms with Gasteiger partial charge in [-0.15, -0.1) is 0 Å². The minimum atomic E-state index is -2.48. The number of nitrogens with one attached hydrogen (secondary N) is 1. The summed E-state index contributed by atoms with van der Waals surface area (Å²) in [6.45, 7) is 4.44. The average Bonchev–Trinajstić information content (AvgIpc) is 2.58. The fourth-order valence-electron chi connectivity index (χ4n) is 3.27. The van der Waals surface area contributed by atoms with Crippen molar-refractivity contribution in [1.29, 1.82) is 0 Å². The van der Waals surface area contributed by atoms with Gasteiger partial charge in [0.25, 0.3) is 0 Å². The van der Waals surface area contributed by atoms with E-state index in [9.17, 15) is 5.11 Å². The topological polar surface area (TPSA) is 69.2 Å². The third-order valence-electron chi connectivity index (χ3n) is 4.79. The summed E-state index contributed by atoms with van der Waals surface area (Å²) in [6.07, 6.45) is 4.67. The zero-order valence-electron chi connectivity index (χ0n) is 15.2. The molecule has 2 N–H and O–H groups in total. The summed E-state index contributed by atoms with van der Waals surface area (Å²) >= 11 is 0. The molecule has 0 saturated heterocycles. The molecule has 1 aliphatic rings. The zero-order valence-corrected chi connectivity index (χ0v) is 16.2. The SMILES string of the molecule is CCOCCCNC1CC(CC[Si](OC)(OC)OC)CCC1O. The summed E-state index contributed by atoms with van der Waals surface area (Å²) < 4.78 is 21.8. The van der Waals surface area contributed by atoms with Crippen LogP contribution in [0.4, 0.5) is 0 Å². The van der Waals surface area contributed by atoms with Crippen LogP contribution in [0.3, 0.4) is 0 Å². The van der Waals surface area contributed by atoms with E-state index in [1.165, 1.54) is 0 Å². The summed E-state index contributed by atoms with van der Waals surface area (Å²) in [4.78, 5) is 0. The van der Waals surface area contributed by atoms with Crippen LogP contribution in [-0.2, 0) is 18.0 Å². The number of hydrogen-bond acceptors (Lipinski definition) is 6. The van der Waals surface area contributed by atoms with Crippen LogP contribution in [0.25, 0.3) is 0 Å². The molecule has 7 heteroatoms. The van der Waals surface area contributed by atoms with Gasteiger partial charge in [-0.25, -0.2) is 0 Å². The van der Waals surface area contributed by atoms with Gasteiger partial charge < -0.3 is 28.4 Å². The Balaban J connectivity index is 2.35. The summed E-state index contributed by atoms with van der Waals surface area (Å²) in [5.41, 5.74) is 0. The molecule has 3 unspecified atom stereocenters. The van der Waals surface area contributed by atoms with Crippen LogP contribution in [0, 0.1) is 5.92 Å². The van der Waals surface area contributed by atoms with Crippen molar-refractivity contribution in [3.8, 4) is 0 Å². The zero-order chi connectivity index (χ0) is 17.1. The highest BCUT2D eigenvalue weighted by Gasteiger charge is 2.39. The van der Waals surface area contributed by atoms with E-state index in [1.807, 2.05) is 6.92 Å². The van der Waals surface area contributed by atoms with Crippen molar-refractivity contribution in [3.05, 3.63) is 0 Å². The molecule has 3 atom stereocenters. The lowest BCUT2D eigenvalue weighted by molar-refractivity contribution is 0.0643. The first-order valence-electron chi connectivity index (χ1n) is 8.75. The highest BCUT2D eigenvalue weighted by molar-refractivity contribution is 6.60. The Morgan fingerprint density at radius 1 is 1.13 bits per heavy atom. The van der Waals surface area contributed by atoms with E-state index in [4.69, 9.17) is 18.0 Å². The molecule has 0 amide bonds. The number of rotatable bonds is 12. The Morgan fingerprint density at radius 3 is 2.43 bits per heavy atom. The van der Waals surface area contributed by atoms with E-state index >= 15 is 0 Å². The molecule has 0 radical (unpaired) electrons. The highest BCUT2D eigenvalue weighted by atomic mass is 28.4. The van der Waals surface area contributed by atoms with Crippen LogP contribution in [0.5, 0.6) is 0 Å². The lowest BCUT2D eigenvalue weighted by Gasteiger charge is -2.35. The van der Waals surface area contributed by atoms with E-state index in [1.54, 1.807) is 21.3 Å². The molecule has 0 aromatic heterocycles. The van der Waals surface area contributed by atoms with Crippen LogP contribution >= 0.6 is 0 Å². The van der Waals surface area contributed by atoms with Crippen molar-refractivity contribution in [3.63, 3.8) is 0 Å². The summed E-state index contributed by atoms with van der Waals surface area (Å²) in [7, 11) is 2.50. The van der Waals surface area contributed by atoms with Crippen molar-refractivity contribution in [2.45, 2.75) is 57.2 Å². The molecule has 1 aliphatic carbocycles. The highest BCUT2D eigenvalue weighted by Crippen LogP contribution is 2.31. The Labute approximate surface area is 142 Å². The molecule has 1 rings (SSSR count). The molecule has 0 heterocycles. The first kappa shape index (κ1) is 21.0. The van der Waals surface area contributed by atoms with Gasteiger partial charge in [-0.05, 0) is 51.5 Å². The van der Waals surface area contributed by atoms with Gasteiger partial charge in [-0.1, -0.05) is 0 Å². The molecule has 0 aliphatic heterocycles. The van der Waals surface area contributed by atoms with Gasteiger partial charge in [0.05, 0.1) is 6.10 Å². The van der Waals surface area contributed by atoms with Crippen molar-refractivity contribution in [1.82, 2.24) is 5.32 Å². The lowest BCUT2D eigenvalue weighted by Crippen LogP contribution is -2.46.